The van der Waals surface area contributed by atoms with Crippen LogP contribution in [-0.4, -0.2) is 25.4 Å². The summed E-state index contributed by atoms with van der Waals surface area (Å²) >= 11 is 0. The predicted octanol–water partition coefficient (Wildman–Crippen LogP) is 2.00. The Morgan fingerprint density at radius 3 is 2.33 bits per heavy atom. The smallest absolute Gasteiger partial charge is 0.395 e. The van der Waals surface area contributed by atoms with Gasteiger partial charge in [0.1, 0.15) is 0 Å². The Labute approximate surface area is 103 Å². The van der Waals surface area contributed by atoms with Crippen molar-refractivity contribution in [3.8, 4) is 0 Å². The molecule has 0 fully saturated rings. The third-order valence-electron chi connectivity index (χ3n) is 2.55. The van der Waals surface area contributed by atoms with Crippen molar-refractivity contribution in [1.29, 1.82) is 0 Å². The van der Waals surface area contributed by atoms with Crippen LogP contribution in [0.3, 0.4) is 0 Å². The molecule has 0 amide bonds. The van der Waals surface area contributed by atoms with Gasteiger partial charge in [-0.15, -0.1) is 0 Å². The molecule has 0 spiro atoms. The number of halogens is 3. The summed E-state index contributed by atoms with van der Waals surface area (Å²) in [6.45, 7) is 0.641. The van der Waals surface area contributed by atoms with Gasteiger partial charge in [0.25, 0.3) is 0 Å². The van der Waals surface area contributed by atoms with E-state index in [-0.39, 0.29) is 5.56 Å². The molecule has 0 aliphatic rings. The number of aliphatic hydroxyl groups excluding tert-OH is 1. The van der Waals surface area contributed by atoms with Gasteiger partial charge in [-0.3, -0.25) is 0 Å². The number of benzene rings is 1. The number of sulfone groups is 1. The maximum atomic E-state index is 12.7. The molecule has 0 aliphatic heterocycles. The largest absolute Gasteiger partial charge is 0.416 e. The standard InChI is InChI=1S/C11H13F3O3S/c1-8(6-15)18(16,17)7-9-4-2-3-5-10(9)11(12,13)14/h2-5,8,15H,6-7H2,1H3/t8-/m0/s1. The van der Waals surface area contributed by atoms with Crippen LogP contribution in [0.25, 0.3) is 0 Å². The van der Waals surface area contributed by atoms with E-state index in [1.807, 2.05) is 0 Å². The lowest BCUT2D eigenvalue weighted by Gasteiger charge is -2.14. The highest BCUT2D eigenvalue weighted by Gasteiger charge is 2.34. The molecule has 0 aromatic heterocycles. The summed E-state index contributed by atoms with van der Waals surface area (Å²) < 4.78 is 61.4. The molecular weight excluding hydrogens is 269 g/mol. The van der Waals surface area contributed by atoms with Crippen molar-refractivity contribution < 1.29 is 26.7 Å². The molecule has 0 saturated carbocycles. The summed E-state index contributed by atoms with van der Waals surface area (Å²) in [7, 11) is -3.80. The second-order valence-corrected chi connectivity index (χ2v) is 6.37. The quantitative estimate of drug-likeness (QED) is 0.919. The van der Waals surface area contributed by atoms with E-state index < -0.39 is 39.2 Å². The summed E-state index contributed by atoms with van der Waals surface area (Å²) in [4.78, 5) is 0. The summed E-state index contributed by atoms with van der Waals surface area (Å²) in [6.07, 6.45) is -4.59. The van der Waals surface area contributed by atoms with Gasteiger partial charge in [-0.25, -0.2) is 8.42 Å². The SMILES string of the molecule is C[C@@H](CO)S(=O)(=O)Cc1ccccc1C(F)(F)F. The minimum Gasteiger partial charge on any atom is -0.395 e. The third-order valence-corrected chi connectivity index (χ3v) is 4.64. The topological polar surface area (TPSA) is 54.4 Å². The molecule has 1 rings (SSSR count). The van der Waals surface area contributed by atoms with E-state index in [9.17, 15) is 21.6 Å². The minimum absolute atomic E-state index is 0.301. The summed E-state index contributed by atoms with van der Waals surface area (Å²) in [5.74, 6) is -0.732. The van der Waals surface area contributed by atoms with Gasteiger partial charge in [0.05, 0.1) is 23.2 Å². The summed E-state index contributed by atoms with van der Waals surface area (Å²) in [6, 6.07) is 4.52. The average molecular weight is 282 g/mol. The van der Waals surface area contributed by atoms with E-state index in [2.05, 4.69) is 0 Å². The maximum Gasteiger partial charge on any atom is 0.416 e. The van der Waals surface area contributed by atoms with E-state index in [0.29, 0.717) is 0 Å². The van der Waals surface area contributed by atoms with Crippen LogP contribution in [0.15, 0.2) is 24.3 Å². The molecule has 0 aliphatic carbocycles. The minimum atomic E-state index is -4.59. The molecule has 0 saturated heterocycles. The van der Waals surface area contributed by atoms with Crippen LogP contribution in [0.4, 0.5) is 13.2 Å². The molecule has 1 aromatic carbocycles. The zero-order valence-electron chi connectivity index (χ0n) is 9.61. The molecular formula is C11H13F3O3S. The molecule has 102 valence electrons. The zero-order valence-corrected chi connectivity index (χ0v) is 10.4. The Kier molecular flexibility index (Phi) is 4.39. The number of alkyl halides is 3. The number of hydrogen-bond donors (Lipinski definition) is 1. The highest BCUT2D eigenvalue weighted by atomic mass is 32.2. The summed E-state index contributed by atoms with van der Waals surface area (Å²) in [5, 5.41) is 7.69. The van der Waals surface area contributed by atoms with Crippen LogP contribution in [-0.2, 0) is 21.8 Å². The Morgan fingerprint density at radius 2 is 1.83 bits per heavy atom. The van der Waals surface area contributed by atoms with Crippen molar-refractivity contribution in [1.82, 2.24) is 0 Å². The van der Waals surface area contributed by atoms with E-state index in [0.717, 1.165) is 12.1 Å². The average Bonchev–Trinajstić information content (AvgIpc) is 2.26. The fraction of sp³-hybridized carbons (Fsp3) is 0.455. The van der Waals surface area contributed by atoms with Gasteiger partial charge in [-0.1, -0.05) is 18.2 Å². The highest BCUT2D eigenvalue weighted by molar-refractivity contribution is 7.91. The normalized spacial score (nSPS) is 14.5. The predicted molar refractivity (Wildman–Crippen MR) is 60.6 cm³/mol. The third kappa shape index (κ3) is 3.46. The second-order valence-electron chi connectivity index (χ2n) is 3.96. The van der Waals surface area contributed by atoms with Crippen molar-refractivity contribution in [3.63, 3.8) is 0 Å². The van der Waals surface area contributed by atoms with Gasteiger partial charge >= 0.3 is 6.18 Å². The van der Waals surface area contributed by atoms with Crippen molar-refractivity contribution in [2.45, 2.75) is 24.1 Å². The van der Waals surface area contributed by atoms with Crippen molar-refractivity contribution in [2.75, 3.05) is 6.61 Å². The second kappa shape index (κ2) is 5.27. The molecule has 18 heavy (non-hydrogen) atoms. The van der Waals surface area contributed by atoms with Crippen LogP contribution in [0.5, 0.6) is 0 Å². The van der Waals surface area contributed by atoms with Gasteiger partial charge in [0.15, 0.2) is 9.84 Å². The molecule has 0 heterocycles. The lowest BCUT2D eigenvalue weighted by atomic mass is 10.1. The molecule has 1 aromatic rings. The first-order chi connectivity index (χ1) is 8.18. The lowest BCUT2D eigenvalue weighted by molar-refractivity contribution is -0.138. The maximum absolute atomic E-state index is 12.7. The Bertz CT molecular complexity index is 509. The Balaban J connectivity index is 3.14. The van der Waals surface area contributed by atoms with E-state index in [4.69, 9.17) is 5.11 Å². The van der Waals surface area contributed by atoms with Crippen molar-refractivity contribution >= 4 is 9.84 Å². The van der Waals surface area contributed by atoms with Crippen LogP contribution in [0.1, 0.15) is 18.1 Å². The highest BCUT2D eigenvalue weighted by Crippen LogP contribution is 2.32. The first-order valence-corrected chi connectivity index (χ1v) is 6.87. The van der Waals surface area contributed by atoms with E-state index in [1.54, 1.807) is 0 Å². The van der Waals surface area contributed by atoms with Gasteiger partial charge in [0, 0.05) is 0 Å². The van der Waals surface area contributed by atoms with Crippen molar-refractivity contribution in [2.24, 2.45) is 0 Å². The number of aliphatic hydroxyl groups is 1. The molecule has 0 unspecified atom stereocenters. The van der Waals surface area contributed by atoms with Crippen LogP contribution >= 0.6 is 0 Å². The molecule has 0 bridgehead atoms. The van der Waals surface area contributed by atoms with Crippen LogP contribution in [0, 0.1) is 0 Å². The summed E-state index contributed by atoms with van der Waals surface area (Å²) in [5.41, 5.74) is -1.26. The fourth-order valence-electron chi connectivity index (χ4n) is 1.40. The number of hydrogen-bond acceptors (Lipinski definition) is 3. The van der Waals surface area contributed by atoms with Gasteiger partial charge in [-0.05, 0) is 18.6 Å². The molecule has 7 heteroatoms. The fourth-order valence-corrected chi connectivity index (χ4v) is 2.59. The first-order valence-electron chi connectivity index (χ1n) is 5.16. The zero-order chi connectivity index (χ0) is 14.0. The van der Waals surface area contributed by atoms with Crippen LogP contribution in [0.2, 0.25) is 0 Å². The molecule has 0 radical (unpaired) electrons. The molecule has 1 N–H and O–H groups in total. The van der Waals surface area contributed by atoms with E-state index >= 15 is 0 Å². The van der Waals surface area contributed by atoms with Gasteiger partial charge in [0.2, 0.25) is 0 Å². The van der Waals surface area contributed by atoms with Crippen LogP contribution < -0.4 is 0 Å². The lowest BCUT2D eigenvalue weighted by Crippen LogP contribution is -2.24. The molecule has 3 nitrogen and oxygen atoms in total. The van der Waals surface area contributed by atoms with Gasteiger partial charge < -0.3 is 5.11 Å². The monoisotopic (exact) mass is 282 g/mol. The molecule has 1 atom stereocenters. The first kappa shape index (κ1) is 15.0. The number of rotatable bonds is 4. The van der Waals surface area contributed by atoms with Gasteiger partial charge in [-0.2, -0.15) is 13.2 Å². The Morgan fingerprint density at radius 1 is 1.28 bits per heavy atom. The van der Waals surface area contributed by atoms with Crippen molar-refractivity contribution in [3.05, 3.63) is 35.4 Å². The Hall–Kier alpha value is -1.08. The van der Waals surface area contributed by atoms with E-state index in [1.165, 1.54) is 19.1 Å².